The van der Waals surface area contributed by atoms with Gasteiger partial charge in [-0.15, -0.1) is 0 Å². The first-order chi connectivity index (χ1) is 12.8. The molecule has 0 saturated heterocycles. The fourth-order valence-electron chi connectivity index (χ4n) is 2.55. The summed E-state index contributed by atoms with van der Waals surface area (Å²) in [6.45, 7) is 1.54. The number of nitrogens with two attached hydrogens (primary N) is 1. The van der Waals surface area contributed by atoms with Crippen molar-refractivity contribution in [2.24, 2.45) is 5.73 Å². The van der Waals surface area contributed by atoms with Gasteiger partial charge in [-0.05, 0) is 48.4 Å². The zero-order valence-electron chi connectivity index (χ0n) is 14.5. The Kier molecular flexibility index (Phi) is 6.79. The largest absolute Gasteiger partial charge is 0.483 e. The number of amides is 1. The number of carbonyl (C=O) groups excluding carboxylic acids is 1. The lowest BCUT2D eigenvalue weighted by molar-refractivity contribution is -0.138. The molecule has 0 aliphatic carbocycles. The predicted octanol–water partition coefficient (Wildman–Crippen LogP) is 2.99. The van der Waals surface area contributed by atoms with Crippen molar-refractivity contribution in [3.8, 4) is 11.8 Å². The van der Waals surface area contributed by atoms with Crippen LogP contribution in [0, 0.1) is 11.3 Å². The minimum atomic E-state index is -1.14. The minimum absolute atomic E-state index is 0.313. The molecule has 0 saturated carbocycles. The van der Waals surface area contributed by atoms with Gasteiger partial charge in [0.05, 0.1) is 11.6 Å². The minimum Gasteiger partial charge on any atom is -0.483 e. The SMILES string of the molecule is CCc1cc(Br)cc(C(Nc2ccc(C#N)cc2)C(=O)O)c1OCC(N)=O. The second kappa shape index (κ2) is 9.05. The van der Waals surface area contributed by atoms with Crippen LogP contribution in [0.25, 0.3) is 0 Å². The number of hydrogen-bond donors (Lipinski definition) is 3. The Morgan fingerprint density at radius 1 is 1.33 bits per heavy atom. The van der Waals surface area contributed by atoms with Crippen LogP contribution in [0.4, 0.5) is 5.69 Å². The molecule has 2 rings (SSSR count). The number of nitrogens with zero attached hydrogens (tertiary/aromatic N) is 1. The number of primary amides is 1. The summed E-state index contributed by atoms with van der Waals surface area (Å²) in [7, 11) is 0. The molecule has 8 heteroatoms. The van der Waals surface area contributed by atoms with Crippen LogP contribution in [0.3, 0.4) is 0 Å². The maximum atomic E-state index is 12.0. The molecule has 27 heavy (non-hydrogen) atoms. The van der Waals surface area contributed by atoms with Gasteiger partial charge >= 0.3 is 5.97 Å². The van der Waals surface area contributed by atoms with E-state index in [0.29, 0.717) is 33.5 Å². The number of anilines is 1. The summed E-state index contributed by atoms with van der Waals surface area (Å²) >= 11 is 3.39. The zero-order chi connectivity index (χ0) is 20.0. The van der Waals surface area contributed by atoms with Gasteiger partial charge in [-0.1, -0.05) is 22.9 Å². The summed E-state index contributed by atoms with van der Waals surface area (Å²) in [4.78, 5) is 23.1. The number of hydrogen-bond acceptors (Lipinski definition) is 5. The number of aryl methyl sites for hydroxylation is 1. The van der Waals surface area contributed by atoms with Gasteiger partial charge in [-0.2, -0.15) is 5.26 Å². The number of aliphatic carboxylic acids is 1. The molecule has 0 spiro atoms. The number of carboxylic acids is 1. The molecule has 0 aliphatic heterocycles. The molecule has 7 nitrogen and oxygen atoms in total. The summed E-state index contributed by atoms with van der Waals surface area (Å²) in [6.07, 6.45) is 0.573. The molecule has 0 heterocycles. The summed E-state index contributed by atoms with van der Waals surface area (Å²) < 4.78 is 6.23. The van der Waals surface area contributed by atoms with E-state index in [2.05, 4.69) is 21.2 Å². The molecular formula is C19H18BrN3O4. The maximum Gasteiger partial charge on any atom is 0.330 e. The van der Waals surface area contributed by atoms with E-state index < -0.39 is 17.9 Å². The van der Waals surface area contributed by atoms with Crippen LogP contribution >= 0.6 is 15.9 Å². The second-order valence-corrected chi connectivity index (χ2v) is 6.61. The Labute approximate surface area is 164 Å². The standard InChI is InChI=1S/C19H18BrN3O4/c1-2-12-7-13(20)8-15(18(12)27-10-16(22)24)17(19(25)26)23-14-5-3-11(9-21)4-6-14/h3-8,17,23H,2,10H2,1H3,(H2,22,24)(H,25,26). The topological polar surface area (TPSA) is 125 Å². The second-order valence-electron chi connectivity index (χ2n) is 5.70. The number of nitrogens with one attached hydrogen (secondary N) is 1. The van der Waals surface area contributed by atoms with Crippen molar-refractivity contribution in [3.63, 3.8) is 0 Å². The fourth-order valence-corrected chi connectivity index (χ4v) is 3.07. The van der Waals surface area contributed by atoms with Gasteiger partial charge < -0.3 is 20.9 Å². The summed E-state index contributed by atoms with van der Waals surface area (Å²) in [5.74, 6) is -1.46. The van der Waals surface area contributed by atoms with Gasteiger partial charge in [-0.3, -0.25) is 4.79 Å². The van der Waals surface area contributed by atoms with E-state index in [9.17, 15) is 14.7 Å². The van der Waals surface area contributed by atoms with E-state index in [4.69, 9.17) is 15.7 Å². The van der Waals surface area contributed by atoms with E-state index in [0.717, 1.165) is 5.56 Å². The number of carbonyl (C=O) groups is 2. The van der Waals surface area contributed by atoms with E-state index in [-0.39, 0.29) is 6.61 Å². The third kappa shape index (κ3) is 5.21. The molecular weight excluding hydrogens is 414 g/mol. The number of benzene rings is 2. The Balaban J connectivity index is 2.47. The number of halogens is 1. The molecule has 0 radical (unpaired) electrons. The number of rotatable bonds is 8. The molecule has 0 aromatic heterocycles. The molecule has 4 N–H and O–H groups in total. The van der Waals surface area contributed by atoms with Crippen LogP contribution in [-0.4, -0.2) is 23.6 Å². The van der Waals surface area contributed by atoms with Gasteiger partial charge in [-0.25, -0.2) is 4.79 Å². The Morgan fingerprint density at radius 2 is 2.00 bits per heavy atom. The molecule has 0 fully saturated rings. The van der Waals surface area contributed by atoms with Gasteiger partial charge in [0.2, 0.25) is 0 Å². The summed E-state index contributed by atoms with van der Waals surface area (Å²) in [5.41, 5.74) is 7.27. The first kappa shape index (κ1) is 20.3. The van der Waals surface area contributed by atoms with Crippen LogP contribution in [0.15, 0.2) is 40.9 Å². The van der Waals surface area contributed by atoms with Crippen LogP contribution in [-0.2, 0) is 16.0 Å². The van der Waals surface area contributed by atoms with Crippen molar-refractivity contribution in [2.45, 2.75) is 19.4 Å². The molecule has 1 unspecified atom stereocenters. The smallest absolute Gasteiger partial charge is 0.330 e. The molecule has 140 valence electrons. The van der Waals surface area contributed by atoms with Gasteiger partial charge in [0, 0.05) is 15.7 Å². The summed E-state index contributed by atoms with van der Waals surface area (Å²) in [5, 5.41) is 21.6. The highest BCUT2D eigenvalue weighted by Gasteiger charge is 2.26. The monoisotopic (exact) mass is 431 g/mol. The highest BCUT2D eigenvalue weighted by molar-refractivity contribution is 9.10. The third-order valence-electron chi connectivity index (χ3n) is 3.78. The maximum absolute atomic E-state index is 12.0. The quantitative estimate of drug-likeness (QED) is 0.589. The highest BCUT2D eigenvalue weighted by atomic mass is 79.9. The van der Waals surface area contributed by atoms with Crippen molar-refractivity contribution in [3.05, 3.63) is 57.6 Å². The Hall–Kier alpha value is -3.05. The van der Waals surface area contributed by atoms with Crippen LogP contribution < -0.4 is 15.8 Å². The first-order valence-electron chi connectivity index (χ1n) is 8.08. The van der Waals surface area contributed by atoms with Gasteiger partial charge in [0.25, 0.3) is 5.91 Å². The van der Waals surface area contributed by atoms with Crippen molar-refractivity contribution in [1.29, 1.82) is 5.26 Å². The van der Waals surface area contributed by atoms with E-state index in [1.54, 1.807) is 36.4 Å². The molecule has 1 amide bonds. The van der Waals surface area contributed by atoms with Crippen molar-refractivity contribution in [2.75, 3.05) is 11.9 Å². The van der Waals surface area contributed by atoms with Crippen LogP contribution in [0.1, 0.15) is 29.7 Å². The van der Waals surface area contributed by atoms with E-state index in [1.165, 1.54) is 0 Å². The van der Waals surface area contributed by atoms with Gasteiger partial charge in [0.1, 0.15) is 5.75 Å². The first-order valence-corrected chi connectivity index (χ1v) is 8.88. The van der Waals surface area contributed by atoms with Crippen molar-refractivity contribution >= 4 is 33.5 Å². The molecule has 0 bridgehead atoms. The van der Waals surface area contributed by atoms with Crippen molar-refractivity contribution in [1.82, 2.24) is 0 Å². The lowest BCUT2D eigenvalue weighted by atomic mass is 10.00. The summed E-state index contributed by atoms with van der Waals surface area (Å²) in [6, 6.07) is 10.7. The number of nitriles is 1. The Morgan fingerprint density at radius 3 is 2.52 bits per heavy atom. The number of ether oxygens (including phenoxy) is 1. The predicted molar refractivity (Wildman–Crippen MR) is 103 cm³/mol. The number of carboxylic acid groups (broad SMARTS) is 1. The lowest BCUT2D eigenvalue weighted by Crippen LogP contribution is -2.24. The fraction of sp³-hybridized carbons (Fsp3) is 0.211. The molecule has 1 atom stereocenters. The molecule has 2 aromatic carbocycles. The van der Waals surface area contributed by atoms with Crippen LogP contribution in [0.2, 0.25) is 0 Å². The van der Waals surface area contributed by atoms with Gasteiger partial charge in [0.15, 0.2) is 12.6 Å². The van der Waals surface area contributed by atoms with Crippen molar-refractivity contribution < 1.29 is 19.4 Å². The van der Waals surface area contributed by atoms with E-state index in [1.807, 2.05) is 13.0 Å². The van der Waals surface area contributed by atoms with Crippen LogP contribution in [0.5, 0.6) is 5.75 Å². The lowest BCUT2D eigenvalue weighted by Gasteiger charge is -2.22. The third-order valence-corrected chi connectivity index (χ3v) is 4.24. The average molecular weight is 432 g/mol. The molecule has 0 aliphatic rings. The zero-order valence-corrected chi connectivity index (χ0v) is 16.1. The average Bonchev–Trinajstić information content (AvgIpc) is 2.64. The van der Waals surface area contributed by atoms with E-state index >= 15 is 0 Å². The normalized spacial score (nSPS) is 11.3. The Bertz CT molecular complexity index is 891. The highest BCUT2D eigenvalue weighted by Crippen LogP contribution is 2.35. The molecule has 2 aromatic rings.